The first-order valence-electron chi connectivity index (χ1n) is 44.9. The molecule has 0 spiro atoms. The monoisotopic (exact) mass is 2690 g/mol. The van der Waals surface area contributed by atoms with Crippen LogP contribution in [0.1, 0.15) is 66.5 Å². The van der Waals surface area contributed by atoms with E-state index >= 15 is 0 Å². The van der Waals surface area contributed by atoms with Crippen LogP contribution in [0.3, 0.4) is 0 Å². The summed E-state index contributed by atoms with van der Waals surface area (Å²) in [7, 11) is -11.5. The van der Waals surface area contributed by atoms with Gasteiger partial charge in [-0.15, -0.1) is 100 Å². The van der Waals surface area contributed by atoms with Crippen LogP contribution in [0.2, 0.25) is 78.6 Å². The summed E-state index contributed by atoms with van der Waals surface area (Å²) in [5, 5.41) is 49.6. The summed E-state index contributed by atoms with van der Waals surface area (Å²) in [4.78, 5) is 59.6. The molecule has 10 aromatic carbocycles. The molecule has 0 saturated carbocycles. The van der Waals surface area contributed by atoms with E-state index in [4.69, 9.17) is 34.8 Å². The van der Waals surface area contributed by atoms with Gasteiger partial charge in [-0.05, 0) is 164 Å². The molecule has 0 amide bonds. The number of fused-ring (bicyclic) bond motifs is 12. The number of furan rings is 1. The first-order chi connectivity index (χ1) is 64.2. The standard InChI is InChI=1S/C33H30NSi2.C21H20NO2SSi.C20H18NOSi.C20H18NSSi.4C5H8O2.4Ir/c1-24-21-30(34-23-33(24)35(2,3)4)25-19-20-32-29(22-25)28-17-11-12-18-31(28)36(32,26-13-7-5-8-14-26)27-15-9-6-10-16-27;1-14-11-18(22-13-21(14)26(2,3)4)15-9-10-20-17(12-15)16-7-5-6-8-19(16)25(20,23)24;1-23(2,3)15-10-11-21-18(13-15)14-8-9-20-17(12-14)16-6-4-5-7-19(16)22-20;1-23(2,3)19-9-6-12-21-20(19)14-10-11-18-16(13-14)15-7-4-5-8-17(15)22-18;4*1-4(6)3-5(2)7;;;;/h5-18,20-23H,1-4H3;5-8,10-13H,1-4H3;4-7,9-13H,1-3H3;4-9,11-13H,1-3H3;4*3,6H,1-2H3;;;;/q4*-1;;;;;;;;. The molecule has 0 aliphatic carbocycles. The van der Waals surface area contributed by atoms with E-state index in [0.29, 0.717) is 9.79 Å². The van der Waals surface area contributed by atoms with Gasteiger partial charge in [-0.3, -0.25) is 19.2 Å². The van der Waals surface area contributed by atoms with Gasteiger partial charge in [-0.25, -0.2) is 8.42 Å². The number of rotatable bonds is 14. The molecule has 0 unspecified atom stereocenters. The molecular formula is C114H118Ir4N4O11S2Si5-4. The van der Waals surface area contributed by atoms with Crippen molar-refractivity contribution in [1.82, 2.24) is 19.9 Å². The molecule has 2 aliphatic rings. The van der Waals surface area contributed by atoms with Crippen molar-refractivity contribution in [2.24, 2.45) is 0 Å². The number of para-hydroxylation sites is 1. The van der Waals surface area contributed by atoms with Crippen molar-refractivity contribution in [3.05, 3.63) is 350 Å². The van der Waals surface area contributed by atoms with Gasteiger partial charge in [0, 0.05) is 140 Å². The number of pyridine rings is 4. The Balaban J connectivity index is 0.000000232. The summed E-state index contributed by atoms with van der Waals surface area (Å²) in [5.41, 5.74) is 16.5. The maximum absolute atomic E-state index is 12.7. The summed E-state index contributed by atoms with van der Waals surface area (Å²) in [6, 6.07) is 98.3. The molecule has 15 nitrogen and oxygen atoms in total. The fraction of sp³-hybridized carbons (Fsp3) is 0.193. The maximum atomic E-state index is 12.7. The topological polar surface area (TPSA) is 248 Å². The summed E-state index contributed by atoms with van der Waals surface area (Å²) in [6.45, 7) is 43.9. The minimum Gasteiger partial charge on any atom is -0.512 e. The number of nitrogens with zero attached hydrogens (tertiary/aromatic N) is 4. The van der Waals surface area contributed by atoms with Crippen LogP contribution in [-0.4, -0.2) is 112 Å². The number of aryl methyl sites for hydroxylation is 2. The largest absolute Gasteiger partial charge is 0.512 e. The maximum Gasteiger partial charge on any atom is 0.173 e. The molecule has 0 fully saturated rings. The van der Waals surface area contributed by atoms with Gasteiger partial charge >= 0.3 is 0 Å². The second kappa shape index (κ2) is 50.3. The van der Waals surface area contributed by atoms with Crippen LogP contribution in [0, 0.1) is 38.1 Å². The Labute approximate surface area is 887 Å². The molecule has 6 aromatic heterocycles. The van der Waals surface area contributed by atoms with Crippen molar-refractivity contribution in [1.29, 1.82) is 0 Å². The van der Waals surface area contributed by atoms with E-state index < -0.39 is 50.2 Å². The van der Waals surface area contributed by atoms with E-state index in [1.54, 1.807) is 18.2 Å². The fourth-order valence-corrected chi connectivity index (χ4v) is 30.6. The molecule has 2 aliphatic heterocycles. The molecule has 0 atom stereocenters. The Morgan fingerprint density at radius 3 is 1.29 bits per heavy atom. The Kier molecular flexibility index (Phi) is 41.8. The second-order valence-electron chi connectivity index (χ2n) is 38.0. The van der Waals surface area contributed by atoms with Crippen LogP contribution in [0.4, 0.5) is 0 Å². The third-order valence-electron chi connectivity index (χ3n) is 22.5. The molecule has 0 saturated heterocycles. The number of ketones is 4. The van der Waals surface area contributed by atoms with E-state index in [9.17, 15) is 27.6 Å². The second-order valence-corrected chi connectivity index (χ2v) is 64.9. The number of hydrogen-bond acceptors (Lipinski definition) is 16. The summed E-state index contributed by atoms with van der Waals surface area (Å²) in [5.74, 6) is -0.250. The van der Waals surface area contributed by atoms with E-state index in [2.05, 4.69) is 315 Å². The van der Waals surface area contributed by atoms with E-state index in [0.717, 1.165) is 78.1 Å². The molecule has 4 N–H and O–H groups in total. The number of aliphatic hydroxyl groups is 4. The Hall–Kier alpha value is -10.7. The van der Waals surface area contributed by atoms with Gasteiger partial charge in [-0.1, -0.05) is 296 Å². The summed E-state index contributed by atoms with van der Waals surface area (Å²) in [6.07, 6.45) is 12.6. The minimum atomic E-state index is -3.44. The number of aromatic nitrogens is 4. The molecule has 18 rings (SSSR count). The zero-order valence-electron chi connectivity index (χ0n) is 82.8. The smallest absolute Gasteiger partial charge is 0.173 e. The average Bonchev–Trinajstić information content (AvgIpc) is 1.54. The van der Waals surface area contributed by atoms with Gasteiger partial charge < -0.3 is 44.8 Å². The van der Waals surface area contributed by atoms with Crippen LogP contribution in [0.15, 0.2) is 329 Å². The van der Waals surface area contributed by atoms with Gasteiger partial charge in [-0.2, -0.15) is 11.3 Å². The number of allylic oxidation sites excluding steroid dienone is 8. The molecule has 8 heterocycles. The number of sulfone groups is 1. The van der Waals surface area contributed by atoms with Crippen LogP contribution in [-0.2, 0) is 109 Å². The molecular weight excluding hydrogens is 2570 g/mol. The molecule has 140 heavy (non-hydrogen) atoms. The third kappa shape index (κ3) is 29.1. The van der Waals surface area contributed by atoms with Crippen LogP contribution in [0.5, 0.6) is 0 Å². The number of carbonyl (C=O) groups excluding carboxylic acids is 4. The predicted octanol–water partition coefficient (Wildman–Crippen LogP) is 23.6. The number of carbonyl (C=O) groups is 4. The van der Waals surface area contributed by atoms with Crippen LogP contribution >= 0.6 is 11.3 Å². The summed E-state index contributed by atoms with van der Waals surface area (Å²) >= 11 is 1.83. The van der Waals surface area contributed by atoms with Crippen molar-refractivity contribution in [2.45, 2.75) is 158 Å². The van der Waals surface area contributed by atoms with E-state index in [1.807, 2.05) is 72.4 Å². The fourth-order valence-electron chi connectivity index (χ4n) is 16.7. The van der Waals surface area contributed by atoms with Crippen molar-refractivity contribution >= 4 is 168 Å². The van der Waals surface area contributed by atoms with E-state index in [-0.39, 0.29) is 127 Å². The first kappa shape index (κ1) is 116. The minimum absolute atomic E-state index is 0. The van der Waals surface area contributed by atoms with Gasteiger partial charge in [0.05, 0.1) is 65.8 Å². The Bertz CT molecular complexity index is 7240. The first-order valence-corrected chi connectivity index (χ1v) is 63.2. The van der Waals surface area contributed by atoms with E-state index in [1.165, 1.54) is 164 Å². The summed E-state index contributed by atoms with van der Waals surface area (Å²) < 4.78 is 33.9. The third-order valence-corrected chi connectivity index (χ3v) is 38.7. The molecule has 16 aromatic rings. The predicted molar refractivity (Wildman–Crippen MR) is 577 cm³/mol. The van der Waals surface area contributed by atoms with Crippen LogP contribution < -0.4 is 41.5 Å². The Morgan fingerprint density at radius 1 is 0.357 bits per heavy atom. The number of hydrogen-bond donors (Lipinski definition) is 4. The molecule has 732 valence electrons. The van der Waals surface area contributed by atoms with Crippen molar-refractivity contribution < 1.29 is 133 Å². The molecule has 4 radical (unpaired) electrons. The number of aliphatic hydroxyl groups excluding tert-OH is 4. The van der Waals surface area contributed by atoms with Crippen LogP contribution in [0.25, 0.3) is 109 Å². The van der Waals surface area contributed by atoms with Gasteiger partial charge in [0.2, 0.25) is 0 Å². The van der Waals surface area contributed by atoms with Gasteiger partial charge in [0.1, 0.15) is 13.7 Å². The average molecular weight is 2690 g/mol. The zero-order chi connectivity index (χ0) is 99.1. The zero-order valence-corrected chi connectivity index (χ0v) is 99.0. The molecule has 0 bridgehead atoms. The van der Waals surface area contributed by atoms with Gasteiger partial charge in [0.15, 0.2) is 33.0 Å². The quantitative estimate of drug-likeness (QED) is 0.0342. The normalized spacial score (nSPS) is 12.6. The van der Waals surface area contributed by atoms with Crippen molar-refractivity contribution in [2.75, 3.05) is 0 Å². The van der Waals surface area contributed by atoms with Crippen molar-refractivity contribution in [3.8, 4) is 67.3 Å². The van der Waals surface area contributed by atoms with Crippen molar-refractivity contribution in [3.63, 3.8) is 0 Å². The number of thiophene rings is 1. The SMILES string of the molecule is CC(=O)C=C(C)O.CC(=O)C=C(C)O.CC(=O)C=C(C)O.CC(=O)C=C(C)O.C[Si](C)(C)c1cccnc1-c1[c-]cc2sc3ccccc3c2c1.C[Si](C)(C)c1ccnc(-c2[c-]cc3oc4ccccc4c3c2)c1.Cc1cc(-c2[c-]cc3c(c2)-c2ccccc2S3(=O)=O)ncc1[Si](C)(C)C.Cc1cc(-c2[c-]cc3c(c2)-c2ccccc2[Si]3(c2ccccc2)c2ccccc2)ncc1[Si](C)(C)C.[Ir].[Ir].[Ir].[Ir]. The van der Waals surface area contributed by atoms with Gasteiger partial charge in [0.25, 0.3) is 0 Å². The molecule has 26 heteroatoms. The Morgan fingerprint density at radius 2 is 0.793 bits per heavy atom. The number of benzene rings is 10.